The predicted molar refractivity (Wildman–Crippen MR) is 64.6 cm³/mol. The number of nitrogens with one attached hydrogen (secondary N) is 1. The van der Waals surface area contributed by atoms with Crippen molar-refractivity contribution in [2.45, 2.75) is 43.8 Å². The summed E-state index contributed by atoms with van der Waals surface area (Å²) in [5.74, 6) is -0.251. The van der Waals surface area contributed by atoms with Gasteiger partial charge in [-0.3, -0.25) is 4.79 Å². The summed E-state index contributed by atoms with van der Waals surface area (Å²) in [4.78, 5) is 11.6. The van der Waals surface area contributed by atoms with Gasteiger partial charge in [0.25, 0.3) is 0 Å². The third-order valence-electron chi connectivity index (χ3n) is 2.96. The molecular formula is C11H17BrF3NO2. The van der Waals surface area contributed by atoms with Crippen LogP contribution in [0.15, 0.2) is 0 Å². The van der Waals surface area contributed by atoms with Gasteiger partial charge < -0.3 is 10.1 Å². The fraction of sp³-hybridized carbons (Fsp3) is 0.909. The average molecular weight is 332 g/mol. The smallest absolute Gasteiger partial charge is 0.372 e. The zero-order chi connectivity index (χ0) is 13.6. The maximum absolute atomic E-state index is 11.8. The van der Waals surface area contributed by atoms with Crippen LogP contribution < -0.4 is 5.32 Å². The number of carbonyl (C=O) groups is 1. The molecule has 1 aliphatic rings. The lowest BCUT2D eigenvalue weighted by Gasteiger charge is -2.28. The largest absolute Gasteiger partial charge is 0.411 e. The number of alkyl halides is 4. The highest BCUT2D eigenvalue weighted by Gasteiger charge is 2.34. The van der Waals surface area contributed by atoms with Gasteiger partial charge in [-0.25, -0.2) is 0 Å². The van der Waals surface area contributed by atoms with Crippen LogP contribution in [-0.4, -0.2) is 36.2 Å². The fourth-order valence-corrected chi connectivity index (χ4v) is 2.76. The topological polar surface area (TPSA) is 38.3 Å². The van der Waals surface area contributed by atoms with Crippen LogP contribution in [0.5, 0.6) is 0 Å². The van der Waals surface area contributed by atoms with Gasteiger partial charge in [0.15, 0.2) is 0 Å². The Morgan fingerprint density at radius 2 is 1.94 bits per heavy atom. The van der Waals surface area contributed by atoms with Crippen molar-refractivity contribution in [2.75, 3.05) is 18.5 Å². The molecule has 0 aromatic carbocycles. The van der Waals surface area contributed by atoms with Crippen molar-refractivity contribution in [3.8, 4) is 0 Å². The van der Waals surface area contributed by atoms with Crippen molar-refractivity contribution in [3.63, 3.8) is 0 Å². The molecule has 1 rings (SSSR count). The molecule has 1 saturated carbocycles. The highest BCUT2D eigenvalue weighted by atomic mass is 79.9. The summed E-state index contributed by atoms with van der Waals surface area (Å²) in [6.45, 7) is -1.51. The molecule has 0 atom stereocenters. The molecule has 0 aromatic rings. The van der Waals surface area contributed by atoms with E-state index in [1.54, 1.807) is 0 Å². The first kappa shape index (κ1) is 15.8. The van der Waals surface area contributed by atoms with Crippen molar-refractivity contribution in [1.29, 1.82) is 0 Å². The number of hydrogen-bond acceptors (Lipinski definition) is 2. The van der Waals surface area contributed by atoms with E-state index in [0.717, 1.165) is 25.7 Å². The lowest BCUT2D eigenvalue weighted by Crippen LogP contribution is -2.48. The van der Waals surface area contributed by atoms with Crippen LogP contribution in [0, 0.1) is 0 Å². The van der Waals surface area contributed by atoms with Gasteiger partial charge in [-0.1, -0.05) is 28.8 Å². The minimum absolute atomic E-state index is 0.0369. The molecule has 0 spiro atoms. The zero-order valence-corrected chi connectivity index (χ0v) is 11.6. The van der Waals surface area contributed by atoms with E-state index >= 15 is 0 Å². The highest BCUT2D eigenvalue weighted by Crippen LogP contribution is 2.31. The maximum atomic E-state index is 11.8. The number of halogens is 4. The van der Waals surface area contributed by atoms with E-state index in [2.05, 4.69) is 26.0 Å². The molecule has 1 aliphatic carbocycles. The van der Waals surface area contributed by atoms with E-state index in [1.165, 1.54) is 0 Å². The molecule has 1 amide bonds. The van der Waals surface area contributed by atoms with Crippen LogP contribution in [0.3, 0.4) is 0 Å². The average Bonchev–Trinajstić information content (AvgIpc) is 2.72. The van der Waals surface area contributed by atoms with Gasteiger partial charge >= 0.3 is 6.18 Å². The van der Waals surface area contributed by atoms with Crippen molar-refractivity contribution >= 4 is 21.8 Å². The molecule has 0 aromatic heterocycles. The third-order valence-corrected chi connectivity index (χ3v) is 4.03. The highest BCUT2D eigenvalue weighted by molar-refractivity contribution is 9.09. The molecule has 0 bridgehead atoms. The third kappa shape index (κ3) is 5.56. The SMILES string of the molecule is O=C(CCOCC(F)(F)F)NC1(CBr)CCCC1. The zero-order valence-electron chi connectivity index (χ0n) is 9.99. The maximum Gasteiger partial charge on any atom is 0.411 e. The Morgan fingerprint density at radius 1 is 1.33 bits per heavy atom. The number of rotatable bonds is 6. The Hall–Kier alpha value is -0.300. The molecule has 3 nitrogen and oxygen atoms in total. The quantitative estimate of drug-likeness (QED) is 0.600. The van der Waals surface area contributed by atoms with Gasteiger partial charge in [0.2, 0.25) is 5.91 Å². The van der Waals surface area contributed by atoms with Gasteiger partial charge in [0.05, 0.1) is 6.61 Å². The monoisotopic (exact) mass is 331 g/mol. The van der Waals surface area contributed by atoms with Crippen LogP contribution in [0.4, 0.5) is 13.2 Å². The first-order chi connectivity index (χ1) is 8.37. The summed E-state index contributed by atoms with van der Waals surface area (Å²) >= 11 is 3.38. The van der Waals surface area contributed by atoms with E-state index in [0.29, 0.717) is 5.33 Å². The molecule has 0 unspecified atom stereocenters. The van der Waals surface area contributed by atoms with E-state index in [1.807, 2.05) is 0 Å². The molecule has 0 radical (unpaired) electrons. The molecule has 1 N–H and O–H groups in total. The minimum atomic E-state index is -4.33. The number of hydrogen-bond donors (Lipinski definition) is 1. The second-order valence-electron chi connectivity index (χ2n) is 4.59. The van der Waals surface area contributed by atoms with Crippen LogP contribution in [0.25, 0.3) is 0 Å². The van der Waals surface area contributed by atoms with E-state index in [9.17, 15) is 18.0 Å². The Morgan fingerprint density at radius 3 is 2.44 bits per heavy atom. The van der Waals surface area contributed by atoms with Crippen molar-refractivity contribution < 1.29 is 22.7 Å². The van der Waals surface area contributed by atoms with E-state index < -0.39 is 12.8 Å². The van der Waals surface area contributed by atoms with Crippen LogP contribution in [-0.2, 0) is 9.53 Å². The second-order valence-corrected chi connectivity index (χ2v) is 5.15. The Bertz CT molecular complexity index is 278. The number of ether oxygens (including phenoxy) is 1. The summed E-state index contributed by atoms with van der Waals surface area (Å²) in [5.41, 5.74) is -0.221. The second kappa shape index (κ2) is 6.75. The molecule has 1 fully saturated rings. The lowest BCUT2D eigenvalue weighted by atomic mass is 10.0. The van der Waals surface area contributed by atoms with Gasteiger partial charge in [-0.2, -0.15) is 13.2 Å². The molecule has 7 heteroatoms. The summed E-state index contributed by atoms with van der Waals surface area (Å²) in [6, 6.07) is 0. The number of carbonyl (C=O) groups excluding carboxylic acids is 1. The molecule has 0 saturated heterocycles. The van der Waals surface area contributed by atoms with Crippen LogP contribution in [0.1, 0.15) is 32.1 Å². The molecule has 106 valence electrons. The normalized spacial score (nSPS) is 18.9. The minimum Gasteiger partial charge on any atom is -0.372 e. The first-order valence-corrected chi connectivity index (χ1v) is 7.00. The van der Waals surface area contributed by atoms with Crippen molar-refractivity contribution in [3.05, 3.63) is 0 Å². The molecular weight excluding hydrogens is 315 g/mol. The standard InChI is InChI=1S/C11H17BrF3NO2/c12-7-10(4-1-2-5-10)16-9(17)3-6-18-8-11(13,14)15/h1-8H2,(H,16,17). The van der Waals surface area contributed by atoms with Gasteiger partial charge in [0, 0.05) is 17.3 Å². The summed E-state index contributed by atoms with van der Waals surface area (Å²) in [5, 5.41) is 3.57. The van der Waals surface area contributed by atoms with Crippen molar-refractivity contribution in [1.82, 2.24) is 5.32 Å². The summed E-state index contributed by atoms with van der Waals surface area (Å²) in [6.07, 6.45) is -0.419. The lowest BCUT2D eigenvalue weighted by molar-refractivity contribution is -0.174. The molecule has 0 heterocycles. The van der Waals surface area contributed by atoms with Gasteiger partial charge in [-0.15, -0.1) is 0 Å². The predicted octanol–water partition coefficient (Wildman–Crippen LogP) is 2.78. The molecule has 18 heavy (non-hydrogen) atoms. The Labute approximate surface area is 113 Å². The Balaban J connectivity index is 2.21. The van der Waals surface area contributed by atoms with Crippen molar-refractivity contribution in [2.24, 2.45) is 0 Å². The summed E-state index contributed by atoms with van der Waals surface area (Å²) in [7, 11) is 0. The van der Waals surface area contributed by atoms with Crippen LogP contribution in [0.2, 0.25) is 0 Å². The number of amides is 1. The van der Waals surface area contributed by atoms with E-state index in [4.69, 9.17) is 0 Å². The first-order valence-electron chi connectivity index (χ1n) is 5.88. The van der Waals surface area contributed by atoms with E-state index in [-0.39, 0.29) is 24.5 Å². The fourth-order valence-electron chi connectivity index (χ4n) is 2.05. The Kier molecular flexibility index (Phi) is 5.91. The van der Waals surface area contributed by atoms with Gasteiger partial charge in [0.1, 0.15) is 6.61 Å². The van der Waals surface area contributed by atoms with Crippen LogP contribution >= 0.6 is 15.9 Å². The summed E-state index contributed by atoms with van der Waals surface area (Å²) < 4.78 is 39.8. The molecule has 0 aliphatic heterocycles. The van der Waals surface area contributed by atoms with Gasteiger partial charge in [-0.05, 0) is 12.8 Å².